The first-order valence-corrected chi connectivity index (χ1v) is 10.1. The quantitative estimate of drug-likeness (QED) is 0.352. The Kier molecular flexibility index (Phi) is 5.77. The standard InChI is InChI=1S/C24H18BrN3O2/c25-19-8-4-5-16(13-19)14-22(28-23(29)18-6-2-1-3-7-18)24(30)27-20-10-9-17-11-12-26-21(17)15-20/h1-15,26H,(H,27,30)(H,28,29)/b22-14+. The van der Waals surface area contributed by atoms with E-state index in [0.717, 1.165) is 20.9 Å². The number of nitrogens with one attached hydrogen (secondary N) is 3. The summed E-state index contributed by atoms with van der Waals surface area (Å²) < 4.78 is 0.877. The molecule has 0 aliphatic carbocycles. The number of carbonyl (C=O) groups is 2. The molecule has 2 amide bonds. The molecule has 148 valence electrons. The fourth-order valence-electron chi connectivity index (χ4n) is 3.03. The van der Waals surface area contributed by atoms with Crippen molar-refractivity contribution in [2.75, 3.05) is 5.32 Å². The van der Waals surface area contributed by atoms with E-state index >= 15 is 0 Å². The topological polar surface area (TPSA) is 74.0 Å². The summed E-state index contributed by atoms with van der Waals surface area (Å²) in [5, 5.41) is 6.65. The van der Waals surface area contributed by atoms with Crippen LogP contribution in [-0.4, -0.2) is 16.8 Å². The van der Waals surface area contributed by atoms with Gasteiger partial charge in [-0.1, -0.05) is 52.3 Å². The first-order valence-electron chi connectivity index (χ1n) is 9.31. The first-order chi connectivity index (χ1) is 14.6. The Bertz CT molecular complexity index is 1250. The van der Waals surface area contributed by atoms with Crippen molar-refractivity contribution in [2.24, 2.45) is 0 Å². The van der Waals surface area contributed by atoms with E-state index in [-0.39, 0.29) is 11.6 Å². The summed E-state index contributed by atoms with van der Waals surface area (Å²) in [6.07, 6.45) is 3.49. The molecule has 0 aliphatic heterocycles. The first kappa shape index (κ1) is 19.7. The van der Waals surface area contributed by atoms with Gasteiger partial charge in [0.2, 0.25) is 0 Å². The van der Waals surface area contributed by atoms with Crippen LogP contribution < -0.4 is 10.6 Å². The van der Waals surface area contributed by atoms with Gasteiger partial charge in [0.15, 0.2) is 0 Å². The second-order valence-corrected chi connectivity index (χ2v) is 7.58. The zero-order valence-corrected chi connectivity index (χ0v) is 17.4. The molecular formula is C24H18BrN3O2. The van der Waals surface area contributed by atoms with Crippen LogP contribution in [0, 0.1) is 0 Å². The maximum Gasteiger partial charge on any atom is 0.272 e. The molecule has 0 atom stereocenters. The molecule has 4 rings (SSSR count). The summed E-state index contributed by atoms with van der Waals surface area (Å²) in [6, 6.07) is 23.8. The van der Waals surface area contributed by atoms with Crippen LogP contribution in [0.2, 0.25) is 0 Å². The molecule has 0 spiro atoms. The fourth-order valence-corrected chi connectivity index (χ4v) is 3.45. The Morgan fingerprint density at radius 1 is 0.900 bits per heavy atom. The highest BCUT2D eigenvalue weighted by Gasteiger charge is 2.15. The maximum absolute atomic E-state index is 13.0. The zero-order valence-electron chi connectivity index (χ0n) is 15.9. The predicted molar refractivity (Wildman–Crippen MR) is 123 cm³/mol. The van der Waals surface area contributed by atoms with Gasteiger partial charge in [-0.25, -0.2) is 0 Å². The van der Waals surface area contributed by atoms with E-state index in [1.54, 1.807) is 30.3 Å². The van der Waals surface area contributed by atoms with Gasteiger partial charge in [0.05, 0.1) is 0 Å². The average molecular weight is 460 g/mol. The van der Waals surface area contributed by atoms with Crippen molar-refractivity contribution in [3.05, 3.63) is 106 Å². The minimum atomic E-state index is -0.412. The average Bonchev–Trinajstić information content (AvgIpc) is 3.22. The molecule has 6 heteroatoms. The highest BCUT2D eigenvalue weighted by molar-refractivity contribution is 9.10. The summed E-state index contributed by atoms with van der Waals surface area (Å²) in [6.45, 7) is 0. The van der Waals surface area contributed by atoms with Crippen molar-refractivity contribution in [2.45, 2.75) is 0 Å². The van der Waals surface area contributed by atoms with Crippen LogP contribution in [0.4, 0.5) is 5.69 Å². The molecule has 0 aliphatic rings. The number of benzene rings is 3. The fraction of sp³-hybridized carbons (Fsp3) is 0. The number of hydrogen-bond acceptors (Lipinski definition) is 2. The zero-order chi connectivity index (χ0) is 20.9. The van der Waals surface area contributed by atoms with Gasteiger partial charge in [-0.2, -0.15) is 0 Å². The number of hydrogen-bond donors (Lipinski definition) is 3. The molecule has 4 aromatic rings. The molecule has 5 nitrogen and oxygen atoms in total. The minimum Gasteiger partial charge on any atom is -0.361 e. The van der Waals surface area contributed by atoms with Crippen LogP contribution in [0.1, 0.15) is 15.9 Å². The van der Waals surface area contributed by atoms with Crippen LogP contribution in [0.25, 0.3) is 17.0 Å². The third-order valence-electron chi connectivity index (χ3n) is 4.50. The van der Waals surface area contributed by atoms with Crippen molar-refractivity contribution < 1.29 is 9.59 Å². The number of H-pyrrole nitrogens is 1. The van der Waals surface area contributed by atoms with Gasteiger partial charge < -0.3 is 15.6 Å². The van der Waals surface area contributed by atoms with E-state index in [1.807, 2.05) is 60.8 Å². The molecule has 0 fully saturated rings. The van der Waals surface area contributed by atoms with Crippen LogP contribution >= 0.6 is 15.9 Å². The molecule has 0 saturated carbocycles. The molecule has 0 bridgehead atoms. The Morgan fingerprint density at radius 2 is 1.73 bits per heavy atom. The lowest BCUT2D eigenvalue weighted by molar-refractivity contribution is -0.113. The Balaban J connectivity index is 1.62. The largest absolute Gasteiger partial charge is 0.361 e. The van der Waals surface area contributed by atoms with E-state index < -0.39 is 5.91 Å². The highest BCUT2D eigenvalue weighted by Crippen LogP contribution is 2.19. The lowest BCUT2D eigenvalue weighted by Crippen LogP contribution is -2.30. The van der Waals surface area contributed by atoms with Gasteiger partial charge >= 0.3 is 0 Å². The van der Waals surface area contributed by atoms with Gasteiger partial charge in [-0.05, 0) is 59.5 Å². The van der Waals surface area contributed by atoms with Crippen LogP contribution in [0.5, 0.6) is 0 Å². The van der Waals surface area contributed by atoms with E-state index in [0.29, 0.717) is 11.3 Å². The minimum absolute atomic E-state index is 0.147. The van der Waals surface area contributed by atoms with E-state index in [9.17, 15) is 9.59 Å². The van der Waals surface area contributed by atoms with Crippen LogP contribution in [-0.2, 0) is 4.79 Å². The van der Waals surface area contributed by atoms with Gasteiger partial charge in [0.25, 0.3) is 11.8 Å². The summed E-state index contributed by atoms with van der Waals surface area (Å²) in [5.41, 5.74) is 2.94. The van der Waals surface area contributed by atoms with Crippen molar-refractivity contribution in [3.8, 4) is 0 Å². The normalized spacial score (nSPS) is 11.3. The lowest BCUT2D eigenvalue weighted by Gasteiger charge is -2.12. The molecule has 0 unspecified atom stereocenters. The van der Waals surface area contributed by atoms with Gasteiger partial charge in [0, 0.05) is 27.4 Å². The molecule has 1 heterocycles. The molecule has 0 radical (unpaired) electrons. The van der Waals surface area contributed by atoms with Crippen molar-refractivity contribution in [1.29, 1.82) is 0 Å². The Hall–Kier alpha value is -3.64. The lowest BCUT2D eigenvalue weighted by atomic mass is 10.1. The third-order valence-corrected chi connectivity index (χ3v) is 4.99. The SMILES string of the molecule is O=C(Nc1ccc2cc[nH]c2c1)/C(=C\c1cccc(Br)c1)NC(=O)c1ccccc1. The summed E-state index contributed by atoms with van der Waals surface area (Å²) in [5.74, 6) is -0.767. The molecule has 30 heavy (non-hydrogen) atoms. The Morgan fingerprint density at radius 3 is 2.53 bits per heavy atom. The number of aromatic nitrogens is 1. The molecule has 1 aromatic heterocycles. The number of anilines is 1. The second-order valence-electron chi connectivity index (χ2n) is 6.67. The third kappa shape index (κ3) is 4.67. The summed E-state index contributed by atoms with van der Waals surface area (Å²) in [4.78, 5) is 28.8. The van der Waals surface area contributed by atoms with E-state index in [1.165, 1.54) is 0 Å². The van der Waals surface area contributed by atoms with Gasteiger partial charge in [0.1, 0.15) is 5.70 Å². The summed E-state index contributed by atoms with van der Waals surface area (Å²) in [7, 11) is 0. The number of amides is 2. The number of carbonyl (C=O) groups excluding carboxylic acids is 2. The van der Waals surface area contributed by atoms with Crippen LogP contribution in [0.15, 0.2) is 95.2 Å². The van der Waals surface area contributed by atoms with E-state index in [4.69, 9.17) is 0 Å². The van der Waals surface area contributed by atoms with Crippen molar-refractivity contribution in [1.82, 2.24) is 10.3 Å². The molecule has 3 aromatic carbocycles. The van der Waals surface area contributed by atoms with Gasteiger partial charge in [-0.15, -0.1) is 0 Å². The molecule has 0 saturated heterocycles. The highest BCUT2D eigenvalue weighted by atomic mass is 79.9. The second kappa shape index (κ2) is 8.80. The Labute approximate surface area is 181 Å². The van der Waals surface area contributed by atoms with Crippen molar-refractivity contribution >= 4 is 50.4 Å². The summed E-state index contributed by atoms with van der Waals surface area (Å²) >= 11 is 3.43. The smallest absolute Gasteiger partial charge is 0.272 e. The van der Waals surface area contributed by atoms with Crippen molar-refractivity contribution in [3.63, 3.8) is 0 Å². The number of fused-ring (bicyclic) bond motifs is 1. The number of halogens is 1. The number of aromatic amines is 1. The number of rotatable bonds is 5. The maximum atomic E-state index is 13.0. The van der Waals surface area contributed by atoms with Gasteiger partial charge in [-0.3, -0.25) is 9.59 Å². The monoisotopic (exact) mass is 459 g/mol. The van der Waals surface area contributed by atoms with Crippen LogP contribution in [0.3, 0.4) is 0 Å². The predicted octanol–water partition coefficient (Wildman–Crippen LogP) is 5.34. The van der Waals surface area contributed by atoms with E-state index in [2.05, 4.69) is 31.5 Å². The molecule has 3 N–H and O–H groups in total. The molecular weight excluding hydrogens is 442 g/mol.